The van der Waals surface area contributed by atoms with Crippen molar-refractivity contribution in [1.29, 1.82) is 0 Å². The highest BCUT2D eigenvalue weighted by atomic mass is 35.5. The third kappa shape index (κ3) is 5.11. The summed E-state index contributed by atoms with van der Waals surface area (Å²) < 4.78 is 0. The largest absolute Gasteiger partial charge is 0.322 e. The summed E-state index contributed by atoms with van der Waals surface area (Å²) in [7, 11) is 0. The Hall–Kier alpha value is -3.48. The normalized spacial score (nSPS) is 10.0. The van der Waals surface area contributed by atoms with Crippen molar-refractivity contribution in [3.05, 3.63) is 101 Å². The van der Waals surface area contributed by atoms with Crippen LogP contribution in [0.3, 0.4) is 0 Å². The molecule has 0 bridgehead atoms. The van der Waals surface area contributed by atoms with Crippen LogP contribution in [0.4, 0.5) is 10.8 Å². The van der Waals surface area contributed by atoms with Crippen LogP contribution in [-0.4, -0.2) is 16.8 Å². The zero-order valence-corrected chi connectivity index (χ0v) is 17.4. The van der Waals surface area contributed by atoms with E-state index in [-0.39, 0.29) is 24.2 Å². The molecule has 0 fully saturated rings. The lowest BCUT2D eigenvalue weighted by Crippen LogP contribution is -2.14. The molecule has 0 saturated carbocycles. The topological polar surface area (TPSA) is 71.1 Å². The SMILES string of the molecule is Cl.O=C(Nc1cccc(C(=O)Nc2nc(-c3ccccc3)cs2)c1)c1ccccc1. The fraction of sp³-hybridized carbons (Fsp3) is 0. The number of thiazole rings is 1. The Balaban J connectivity index is 0.00000256. The van der Waals surface area contributed by atoms with Gasteiger partial charge in [0.05, 0.1) is 5.69 Å². The zero-order valence-electron chi connectivity index (χ0n) is 15.7. The first-order valence-corrected chi connectivity index (χ1v) is 9.86. The molecule has 0 aliphatic rings. The molecule has 1 aromatic heterocycles. The van der Waals surface area contributed by atoms with Gasteiger partial charge in [-0.25, -0.2) is 4.98 Å². The number of amides is 2. The Morgan fingerprint density at radius 1 is 0.733 bits per heavy atom. The number of carbonyl (C=O) groups excluding carboxylic acids is 2. The van der Waals surface area contributed by atoms with Crippen molar-refractivity contribution in [2.45, 2.75) is 0 Å². The van der Waals surface area contributed by atoms with Crippen LogP contribution in [0.1, 0.15) is 20.7 Å². The number of hydrogen-bond acceptors (Lipinski definition) is 4. The van der Waals surface area contributed by atoms with Gasteiger partial charge < -0.3 is 5.32 Å². The van der Waals surface area contributed by atoms with Crippen LogP contribution in [0.5, 0.6) is 0 Å². The van der Waals surface area contributed by atoms with E-state index in [9.17, 15) is 9.59 Å². The minimum atomic E-state index is -0.283. The van der Waals surface area contributed by atoms with Gasteiger partial charge in [-0.2, -0.15) is 0 Å². The Morgan fingerprint density at radius 3 is 2.10 bits per heavy atom. The summed E-state index contributed by atoms with van der Waals surface area (Å²) in [5.74, 6) is -0.509. The van der Waals surface area contributed by atoms with Crippen molar-refractivity contribution in [2.75, 3.05) is 10.6 Å². The fourth-order valence-electron chi connectivity index (χ4n) is 2.77. The lowest BCUT2D eigenvalue weighted by atomic mass is 10.1. The number of benzene rings is 3. The van der Waals surface area contributed by atoms with Gasteiger partial charge in [0.15, 0.2) is 5.13 Å². The van der Waals surface area contributed by atoms with Crippen molar-refractivity contribution >= 4 is 46.4 Å². The lowest BCUT2D eigenvalue weighted by Gasteiger charge is -2.07. The Morgan fingerprint density at radius 2 is 1.37 bits per heavy atom. The molecule has 3 aromatic carbocycles. The molecule has 1 heterocycles. The van der Waals surface area contributed by atoms with Crippen molar-refractivity contribution in [3.63, 3.8) is 0 Å². The van der Waals surface area contributed by atoms with Crippen molar-refractivity contribution in [2.24, 2.45) is 0 Å². The number of anilines is 2. The van der Waals surface area contributed by atoms with Crippen molar-refractivity contribution in [3.8, 4) is 11.3 Å². The van der Waals surface area contributed by atoms with Gasteiger partial charge in [-0.05, 0) is 30.3 Å². The molecule has 0 spiro atoms. The fourth-order valence-corrected chi connectivity index (χ4v) is 3.49. The van der Waals surface area contributed by atoms with E-state index in [1.54, 1.807) is 48.5 Å². The van der Waals surface area contributed by atoms with E-state index in [0.29, 0.717) is 21.9 Å². The summed E-state index contributed by atoms with van der Waals surface area (Å²) in [4.78, 5) is 29.4. The summed E-state index contributed by atoms with van der Waals surface area (Å²) in [5.41, 5.74) is 3.35. The van der Waals surface area contributed by atoms with Crippen LogP contribution in [0.15, 0.2) is 90.3 Å². The van der Waals surface area contributed by atoms with E-state index >= 15 is 0 Å². The number of nitrogens with one attached hydrogen (secondary N) is 2. The molecule has 0 saturated heterocycles. The molecule has 0 radical (unpaired) electrons. The van der Waals surface area contributed by atoms with Gasteiger partial charge in [-0.3, -0.25) is 14.9 Å². The second kappa shape index (κ2) is 9.82. The molecule has 30 heavy (non-hydrogen) atoms. The second-order valence-corrected chi connectivity index (χ2v) is 7.12. The maximum atomic E-state index is 12.6. The van der Waals surface area contributed by atoms with E-state index in [4.69, 9.17) is 0 Å². The monoisotopic (exact) mass is 435 g/mol. The van der Waals surface area contributed by atoms with E-state index < -0.39 is 0 Å². The van der Waals surface area contributed by atoms with Gasteiger partial charge in [0.1, 0.15) is 0 Å². The van der Waals surface area contributed by atoms with Gasteiger partial charge in [0, 0.05) is 27.8 Å². The molecule has 0 aliphatic heterocycles. The summed E-state index contributed by atoms with van der Waals surface area (Å²) in [6.07, 6.45) is 0. The Bertz CT molecular complexity index is 1150. The number of nitrogens with zero attached hydrogens (tertiary/aromatic N) is 1. The highest BCUT2D eigenvalue weighted by Gasteiger charge is 2.12. The molecule has 0 aliphatic carbocycles. The smallest absolute Gasteiger partial charge is 0.257 e. The van der Waals surface area contributed by atoms with Crippen LogP contribution in [0.2, 0.25) is 0 Å². The van der Waals surface area contributed by atoms with E-state index in [1.807, 2.05) is 41.8 Å². The maximum Gasteiger partial charge on any atom is 0.257 e. The molecule has 2 amide bonds. The quantitative estimate of drug-likeness (QED) is 0.420. The minimum absolute atomic E-state index is 0. The molecule has 4 rings (SSSR count). The van der Waals surface area contributed by atoms with E-state index in [2.05, 4.69) is 15.6 Å². The summed E-state index contributed by atoms with van der Waals surface area (Å²) >= 11 is 1.37. The van der Waals surface area contributed by atoms with Crippen LogP contribution >= 0.6 is 23.7 Å². The minimum Gasteiger partial charge on any atom is -0.322 e. The van der Waals surface area contributed by atoms with Gasteiger partial charge in [0.25, 0.3) is 11.8 Å². The molecule has 2 N–H and O–H groups in total. The summed E-state index contributed by atoms with van der Waals surface area (Å²) in [6.45, 7) is 0. The van der Waals surface area contributed by atoms with Gasteiger partial charge in [-0.15, -0.1) is 23.7 Å². The average Bonchev–Trinajstić information content (AvgIpc) is 3.23. The standard InChI is InChI=1S/C23H17N3O2S.ClH/c27-21(17-10-5-2-6-11-17)24-19-13-7-12-18(14-19)22(28)26-23-25-20(15-29-23)16-8-3-1-4-9-16;/h1-15H,(H,24,27)(H,25,26,28);1H. The van der Waals surface area contributed by atoms with Crippen molar-refractivity contribution < 1.29 is 9.59 Å². The van der Waals surface area contributed by atoms with E-state index in [0.717, 1.165) is 11.3 Å². The first-order valence-electron chi connectivity index (χ1n) is 8.98. The van der Waals surface area contributed by atoms with Gasteiger partial charge in [-0.1, -0.05) is 54.6 Å². The molecule has 0 atom stereocenters. The Kier molecular flexibility index (Phi) is 6.95. The molecular weight excluding hydrogens is 418 g/mol. The van der Waals surface area contributed by atoms with E-state index in [1.165, 1.54) is 11.3 Å². The van der Waals surface area contributed by atoms with Gasteiger partial charge >= 0.3 is 0 Å². The number of halogens is 1. The maximum absolute atomic E-state index is 12.6. The molecule has 5 nitrogen and oxygen atoms in total. The predicted molar refractivity (Wildman–Crippen MR) is 124 cm³/mol. The first-order chi connectivity index (χ1) is 14.2. The highest BCUT2D eigenvalue weighted by molar-refractivity contribution is 7.14. The molecule has 7 heteroatoms. The third-order valence-electron chi connectivity index (χ3n) is 4.21. The average molecular weight is 436 g/mol. The second-order valence-electron chi connectivity index (χ2n) is 6.26. The zero-order chi connectivity index (χ0) is 20.1. The lowest BCUT2D eigenvalue weighted by molar-refractivity contribution is 0.101. The summed E-state index contributed by atoms with van der Waals surface area (Å²) in [6, 6.07) is 25.5. The predicted octanol–water partition coefficient (Wildman–Crippen LogP) is 5.74. The number of hydrogen-bond donors (Lipinski definition) is 2. The van der Waals surface area contributed by atoms with Crippen LogP contribution < -0.4 is 10.6 Å². The van der Waals surface area contributed by atoms with Crippen LogP contribution in [0.25, 0.3) is 11.3 Å². The molecule has 4 aromatic rings. The number of rotatable bonds is 5. The molecular formula is C23H18ClN3O2S. The van der Waals surface area contributed by atoms with Gasteiger partial charge in [0.2, 0.25) is 0 Å². The Labute approximate surface area is 184 Å². The molecule has 150 valence electrons. The van der Waals surface area contributed by atoms with Crippen molar-refractivity contribution in [1.82, 2.24) is 4.98 Å². The molecule has 0 unspecified atom stereocenters. The number of carbonyl (C=O) groups is 2. The number of aromatic nitrogens is 1. The highest BCUT2D eigenvalue weighted by Crippen LogP contribution is 2.25. The first kappa shape index (κ1) is 21.2. The summed E-state index contributed by atoms with van der Waals surface area (Å²) in [5, 5.41) is 8.05. The third-order valence-corrected chi connectivity index (χ3v) is 4.97. The van der Waals surface area contributed by atoms with Crippen LogP contribution in [-0.2, 0) is 0 Å². The van der Waals surface area contributed by atoms with Crippen LogP contribution in [0, 0.1) is 0 Å².